The first-order valence-electron chi connectivity index (χ1n) is 29.7. The molecule has 0 N–H and O–H groups in total. The van der Waals surface area contributed by atoms with Gasteiger partial charge < -0.3 is 4.42 Å². The summed E-state index contributed by atoms with van der Waals surface area (Å²) in [4.78, 5) is 0. The van der Waals surface area contributed by atoms with Crippen LogP contribution in [0.3, 0.4) is 0 Å². The molecular formula is C50H30O. The molecule has 0 bridgehead atoms. The molecule has 51 heavy (non-hydrogen) atoms. The molecule has 0 unspecified atom stereocenters. The molecule has 0 spiro atoms. The minimum Gasteiger partial charge on any atom is -0.455 e. The molecule has 1 aromatic heterocycles. The highest BCUT2D eigenvalue weighted by Gasteiger charge is 2.21. The van der Waals surface area contributed by atoms with Crippen LogP contribution < -0.4 is 0 Å². The van der Waals surface area contributed by atoms with Crippen molar-refractivity contribution in [3.05, 3.63) is 181 Å². The Bertz CT molecular complexity index is 4780. The molecule has 0 radical (unpaired) electrons. The molecule has 11 aromatic rings. The summed E-state index contributed by atoms with van der Waals surface area (Å²) in [6.45, 7) is 0. The average molecular weight is 676 g/mol. The highest BCUT2D eigenvalue weighted by Crippen LogP contribution is 2.48. The molecule has 1 nitrogen and oxygen atoms in total. The van der Waals surface area contributed by atoms with Gasteiger partial charge in [-0.05, 0) is 93.9 Å². The summed E-state index contributed by atoms with van der Waals surface area (Å²) in [6, 6.07) is -25.4. The molecule has 1 heterocycles. The van der Waals surface area contributed by atoms with Gasteiger partial charge in [0, 0.05) is 16.2 Å². The van der Waals surface area contributed by atoms with E-state index in [2.05, 4.69) is 0 Å². The van der Waals surface area contributed by atoms with Crippen molar-refractivity contribution in [3.63, 3.8) is 0 Å². The smallest absolute Gasteiger partial charge is 0.143 e. The lowest BCUT2D eigenvalue weighted by Gasteiger charge is -2.20. The van der Waals surface area contributed by atoms with E-state index >= 15 is 0 Å². The number of fused-ring (bicyclic) bond motifs is 9. The third kappa shape index (κ3) is 4.09. The predicted octanol–water partition coefficient (Wildman–Crippen LogP) is 14.4. The van der Waals surface area contributed by atoms with Crippen LogP contribution in [0.4, 0.5) is 0 Å². The SMILES string of the molecule is [2H]c1cc2c(-c3c4c([2H])c([2H])c([2H])c([2H])c4c(-c4c([2H])c([2H])c([2H])c5c([2H])c([2H])c([2H])c([2H])c45)c4c([2H])c([2H])c([2H])c([2H])c34)c([2H])c([2H])c([2H])c2c(-c2c([2H])c([2H])c([2H])c3oc4c5c([2H])c([2H])c([2H])c([2H])c5c([2H])c([2H])c4c23)c1[2H]. The molecule has 0 aliphatic heterocycles. The maximum Gasteiger partial charge on any atom is 0.143 e. The van der Waals surface area contributed by atoms with Gasteiger partial charge in [-0.1, -0.05) is 169 Å². The van der Waals surface area contributed by atoms with Crippen molar-refractivity contribution in [1.29, 1.82) is 0 Å². The summed E-state index contributed by atoms with van der Waals surface area (Å²) < 4.78 is 270. The lowest BCUT2D eigenvalue weighted by atomic mass is 9.83. The Morgan fingerprint density at radius 2 is 0.804 bits per heavy atom. The zero-order valence-electron chi connectivity index (χ0n) is 54.5. The first-order chi connectivity index (χ1) is 37.4. The minimum atomic E-state index is -1.04. The lowest BCUT2D eigenvalue weighted by Crippen LogP contribution is -1.92. The van der Waals surface area contributed by atoms with E-state index in [1.165, 1.54) is 0 Å². The normalized spacial score (nSPS) is 19.9. The molecule has 0 aliphatic carbocycles. The van der Waals surface area contributed by atoms with E-state index in [1.807, 2.05) is 0 Å². The van der Waals surface area contributed by atoms with Gasteiger partial charge in [-0.15, -0.1) is 0 Å². The lowest BCUT2D eigenvalue weighted by molar-refractivity contribution is 0.673. The van der Waals surface area contributed by atoms with Gasteiger partial charge in [0.15, 0.2) is 0 Å². The Labute approximate surface area is 335 Å². The van der Waals surface area contributed by atoms with E-state index < -0.39 is 284 Å². The molecule has 10 aromatic carbocycles. The summed E-state index contributed by atoms with van der Waals surface area (Å²) in [5, 5.41) is -7.26. The summed E-state index contributed by atoms with van der Waals surface area (Å²) in [7, 11) is 0. The Balaban J connectivity index is 1.45. The van der Waals surface area contributed by atoms with Crippen molar-refractivity contribution in [1.82, 2.24) is 0 Å². The molecule has 11 rings (SSSR count). The predicted molar refractivity (Wildman–Crippen MR) is 218 cm³/mol. The van der Waals surface area contributed by atoms with E-state index in [0.29, 0.717) is 0 Å². The third-order valence-electron chi connectivity index (χ3n) is 8.76. The molecular weight excluding hydrogens is 617 g/mol. The Morgan fingerprint density at radius 3 is 1.51 bits per heavy atom. The topological polar surface area (TPSA) is 13.1 Å². The van der Waals surface area contributed by atoms with Crippen molar-refractivity contribution in [2.45, 2.75) is 0 Å². The van der Waals surface area contributed by atoms with Crippen molar-refractivity contribution in [2.24, 2.45) is 0 Å². The first-order valence-corrected chi connectivity index (χ1v) is 15.2. The van der Waals surface area contributed by atoms with Gasteiger partial charge in [-0.3, -0.25) is 0 Å². The second kappa shape index (κ2) is 10.9. The van der Waals surface area contributed by atoms with Crippen LogP contribution in [0.1, 0.15) is 39.8 Å². The van der Waals surface area contributed by atoms with Crippen molar-refractivity contribution in [3.8, 4) is 33.4 Å². The Kier molecular flexibility index (Phi) is 2.56. The molecule has 0 amide bonds. The Morgan fingerprint density at radius 1 is 0.314 bits per heavy atom. The molecule has 0 saturated carbocycles. The van der Waals surface area contributed by atoms with Crippen LogP contribution in [0, 0.1) is 0 Å². The maximum absolute atomic E-state index is 9.70. The van der Waals surface area contributed by atoms with Crippen molar-refractivity contribution < 1.29 is 44.2 Å². The summed E-state index contributed by atoms with van der Waals surface area (Å²) >= 11 is 0. The van der Waals surface area contributed by atoms with E-state index in [9.17, 15) is 16.4 Å². The molecule has 1 heteroatoms. The van der Waals surface area contributed by atoms with Crippen LogP contribution in [0.5, 0.6) is 0 Å². The molecule has 0 aliphatic rings. The van der Waals surface area contributed by atoms with Gasteiger partial charge in [0.1, 0.15) is 11.2 Å². The second-order valence-electron chi connectivity index (χ2n) is 11.3. The number of hydrogen-bond acceptors (Lipinski definition) is 1. The van der Waals surface area contributed by atoms with Gasteiger partial charge in [0.2, 0.25) is 0 Å². The summed E-state index contributed by atoms with van der Waals surface area (Å²) in [5.74, 6) is 0. The zero-order chi connectivity index (χ0) is 58.7. The number of rotatable bonds is 3. The van der Waals surface area contributed by atoms with Crippen LogP contribution >= 0.6 is 0 Å². The standard InChI is InChI=1S/C50H30O/c1-3-16-33-31(13-1)15-9-25-38(33)47-41-18-5-7-20-43(41)48(44-21-8-6-19-42(44)47)39-26-11-22-35-36(39)23-10-24-37(35)40-27-12-28-46-49(40)45-30-29-32-14-2-4-17-34(32)50(45)51-46/h1-30H/i1D,2D,3D,4D,5D,6D,7D,8D,9D,10D,11D,12D,13D,14D,15D,16D,17D,18D,19D,20D,21D,22D,24D,25D,26D,27D,28D,29D,30D. The van der Waals surface area contributed by atoms with E-state index in [0.717, 1.165) is 6.07 Å². The largest absolute Gasteiger partial charge is 0.455 e. The van der Waals surface area contributed by atoms with Gasteiger partial charge in [-0.25, -0.2) is 0 Å². The fourth-order valence-corrected chi connectivity index (χ4v) is 6.67. The van der Waals surface area contributed by atoms with Crippen LogP contribution in [0.25, 0.3) is 109 Å². The van der Waals surface area contributed by atoms with Crippen LogP contribution in [0.15, 0.2) is 186 Å². The highest BCUT2D eigenvalue weighted by atomic mass is 16.3. The van der Waals surface area contributed by atoms with Crippen LogP contribution in [0.2, 0.25) is 0 Å². The summed E-state index contributed by atoms with van der Waals surface area (Å²) in [6.07, 6.45) is 0. The fourth-order valence-electron chi connectivity index (χ4n) is 6.67. The third-order valence-corrected chi connectivity index (χ3v) is 8.76. The van der Waals surface area contributed by atoms with E-state index in [-0.39, 0.29) is 0 Å². The van der Waals surface area contributed by atoms with Gasteiger partial charge in [-0.2, -0.15) is 0 Å². The molecule has 236 valence electrons. The second-order valence-corrected chi connectivity index (χ2v) is 11.3. The molecule has 0 fully saturated rings. The van der Waals surface area contributed by atoms with Gasteiger partial charge >= 0.3 is 0 Å². The minimum absolute atomic E-state index is 0.440. The van der Waals surface area contributed by atoms with Gasteiger partial charge in [0.05, 0.1) is 39.8 Å². The van der Waals surface area contributed by atoms with Crippen LogP contribution in [-0.4, -0.2) is 0 Å². The highest BCUT2D eigenvalue weighted by molar-refractivity contribution is 6.26. The van der Waals surface area contributed by atoms with Gasteiger partial charge in [0.25, 0.3) is 0 Å². The molecule has 0 atom stereocenters. The Hall–Kier alpha value is -6.70. The number of furan rings is 1. The first kappa shape index (κ1) is 12.0. The van der Waals surface area contributed by atoms with Crippen LogP contribution in [-0.2, 0) is 0 Å². The maximum atomic E-state index is 9.70. The van der Waals surface area contributed by atoms with E-state index in [1.54, 1.807) is 0 Å². The van der Waals surface area contributed by atoms with Crippen molar-refractivity contribution >= 4 is 75.8 Å². The van der Waals surface area contributed by atoms with E-state index in [4.69, 9.17) is 27.7 Å². The number of hydrogen-bond donors (Lipinski definition) is 0. The number of benzene rings is 10. The fraction of sp³-hybridized carbons (Fsp3) is 0. The monoisotopic (exact) mass is 675 g/mol. The zero-order valence-corrected chi connectivity index (χ0v) is 25.5. The average Bonchev–Trinajstić information content (AvgIpc) is 3.89. The van der Waals surface area contributed by atoms with Crippen molar-refractivity contribution in [2.75, 3.05) is 0 Å². The quantitative estimate of drug-likeness (QED) is 0.170. The summed E-state index contributed by atoms with van der Waals surface area (Å²) in [5.41, 5.74) is -5.31. The molecule has 0 saturated heterocycles.